The number of piperidine rings is 1. The smallest absolute Gasteiger partial charge is 0.308 e. The van der Waals surface area contributed by atoms with Crippen LogP contribution in [0, 0.1) is 19.8 Å². The summed E-state index contributed by atoms with van der Waals surface area (Å²) in [6.45, 7) is 4.72. The summed E-state index contributed by atoms with van der Waals surface area (Å²) in [5, 5.41) is 9.15. The van der Waals surface area contributed by atoms with E-state index in [0.29, 0.717) is 30.9 Å². The van der Waals surface area contributed by atoms with Crippen molar-refractivity contribution in [3.05, 3.63) is 22.9 Å². The Morgan fingerprint density at radius 3 is 2.75 bits per heavy atom. The predicted octanol–water partition coefficient (Wildman–Crippen LogP) is 1.10. The maximum absolute atomic E-state index is 11.7. The second-order valence-corrected chi connectivity index (χ2v) is 5.27. The summed E-state index contributed by atoms with van der Waals surface area (Å²) in [4.78, 5) is 29.1. The Morgan fingerprint density at radius 2 is 2.15 bits per heavy atom. The van der Waals surface area contributed by atoms with E-state index >= 15 is 0 Å². The number of primary amides is 1. The first-order chi connectivity index (χ1) is 9.40. The van der Waals surface area contributed by atoms with Gasteiger partial charge in [-0.3, -0.25) is 9.59 Å². The van der Waals surface area contributed by atoms with E-state index in [1.165, 1.54) is 0 Å². The van der Waals surface area contributed by atoms with Gasteiger partial charge in [0.05, 0.1) is 11.5 Å². The van der Waals surface area contributed by atoms with Crippen LogP contribution >= 0.6 is 0 Å². The number of rotatable bonds is 3. The molecule has 0 radical (unpaired) electrons. The normalized spacial score (nSPS) is 18.9. The average Bonchev–Trinajstić information content (AvgIpc) is 2.37. The Labute approximate surface area is 117 Å². The lowest BCUT2D eigenvalue weighted by Gasteiger charge is -2.33. The topological polar surface area (TPSA) is 96.5 Å². The van der Waals surface area contributed by atoms with Crippen molar-refractivity contribution in [3.63, 3.8) is 0 Å². The van der Waals surface area contributed by atoms with Crippen LogP contribution in [0.1, 0.15) is 34.5 Å². The van der Waals surface area contributed by atoms with Gasteiger partial charge in [-0.15, -0.1) is 0 Å². The van der Waals surface area contributed by atoms with Crippen molar-refractivity contribution < 1.29 is 14.7 Å². The largest absolute Gasteiger partial charge is 0.481 e. The summed E-state index contributed by atoms with van der Waals surface area (Å²) in [6, 6.07) is 1.81. The van der Waals surface area contributed by atoms with Crippen LogP contribution in [-0.4, -0.2) is 35.1 Å². The lowest BCUT2D eigenvalue weighted by atomic mass is 9.97. The number of hydrogen-bond donors (Lipinski definition) is 2. The molecule has 1 amide bonds. The minimum Gasteiger partial charge on any atom is -0.481 e. The zero-order valence-corrected chi connectivity index (χ0v) is 11.7. The molecule has 3 N–H and O–H groups in total. The molecule has 6 nitrogen and oxygen atoms in total. The summed E-state index contributed by atoms with van der Waals surface area (Å²) >= 11 is 0. The molecule has 0 bridgehead atoms. The Kier molecular flexibility index (Phi) is 3.92. The number of hydrogen-bond acceptors (Lipinski definition) is 4. The van der Waals surface area contributed by atoms with Gasteiger partial charge in [0.25, 0.3) is 5.91 Å². The van der Waals surface area contributed by atoms with Crippen LogP contribution in [0.2, 0.25) is 0 Å². The van der Waals surface area contributed by atoms with Gasteiger partial charge in [-0.05, 0) is 38.3 Å². The van der Waals surface area contributed by atoms with Crippen LogP contribution in [0.25, 0.3) is 0 Å². The maximum atomic E-state index is 11.7. The third-order valence-corrected chi connectivity index (χ3v) is 3.64. The first kappa shape index (κ1) is 14.3. The summed E-state index contributed by atoms with van der Waals surface area (Å²) in [5.74, 6) is -1.24. The Bertz CT molecular complexity index is 557. The maximum Gasteiger partial charge on any atom is 0.308 e. The van der Waals surface area contributed by atoms with Crippen LogP contribution in [0.3, 0.4) is 0 Å². The molecule has 0 spiro atoms. The number of carboxylic acids is 1. The minimum absolute atomic E-state index is 0.367. The van der Waals surface area contributed by atoms with E-state index in [1.807, 2.05) is 24.8 Å². The number of aromatic nitrogens is 1. The van der Waals surface area contributed by atoms with E-state index < -0.39 is 17.8 Å². The van der Waals surface area contributed by atoms with Crippen molar-refractivity contribution in [3.8, 4) is 0 Å². The monoisotopic (exact) mass is 277 g/mol. The van der Waals surface area contributed by atoms with Gasteiger partial charge in [-0.25, -0.2) is 4.98 Å². The van der Waals surface area contributed by atoms with E-state index in [-0.39, 0.29) is 0 Å². The highest BCUT2D eigenvalue weighted by Crippen LogP contribution is 2.27. The summed E-state index contributed by atoms with van der Waals surface area (Å²) in [5.41, 5.74) is 7.40. The highest BCUT2D eigenvalue weighted by Gasteiger charge is 2.28. The van der Waals surface area contributed by atoms with Gasteiger partial charge < -0.3 is 15.7 Å². The molecule has 1 atom stereocenters. The van der Waals surface area contributed by atoms with Crippen molar-refractivity contribution in [2.45, 2.75) is 26.7 Å². The average molecular weight is 277 g/mol. The van der Waals surface area contributed by atoms with E-state index in [0.717, 1.165) is 17.7 Å². The molecule has 2 rings (SSSR count). The quantitative estimate of drug-likeness (QED) is 0.862. The molecule has 2 heterocycles. The Hall–Kier alpha value is -2.11. The number of nitrogens with zero attached hydrogens (tertiary/aromatic N) is 2. The van der Waals surface area contributed by atoms with Crippen LogP contribution in [0.5, 0.6) is 0 Å². The van der Waals surface area contributed by atoms with Gasteiger partial charge in [0.2, 0.25) is 0 Å². The third kappa shape index (κ3) is 2.74. The number of anilines is 1. The molecule has 1 aromatic rings. The summed E-state index contributed by atoms with van der Waals surface area (Å²) in [6.07, 6.45) is 1.42. The van der Waals surface area contributed by atoms with E-state index in [1.54, 1.807) is 0 Å². The van der Waals surface area contributed by atoms with Crippen LogP contribution in [0.15, 0.2) is 6.07 Å². The number of nitrogens with two attached hydrogens (primary N) is 1. The molecule has 1 aliphatic rings. The van der Waals surface area contributed by atoms with Crippen molar-refractivity contribution in [2.75, 3.05) is 18.0 Å². The number of carbonyl (C=O) groups excluding carboxylic acids is 1. The number of carboxylic acid groups (broad SMARTS) is 1. The molecular formula is C14H19N3O3. The van der Waals surface area contributed by atoms with Crippen molar-refractivity contribution >= 4 is 17.7 Å². The fourth-order valence-corrected chi connectivity index (χ4v) is 2.72. The SMILES string of the molecule is Cc1cc(C)c(C(N)=O)c(N2CCCC(C(=O)O)C2)n1. The Morgan fingerprint density at radius 1 is 1.45 bits per heavy atom. The lowest BCUT2D eigenvalue weighted by molar-refractivity contribution is -0.141. The van der Waals surface area contributed by atoms with Gasteiger partial charge in [0, 0.05) is 18.8 Å². The van der Waals surface area contributed by atoms with Crippen LogP contribution in [-0.2, 0) is 4.79 Å². The van der Waals surface area contributed by atoms with Gasteiger partial charge >= 0.3 is 5.97 Å². The summed E-state index contributed by atoms with van der Waals surface area (Å²) in [7, 11) is 0. The molecule has 1 aliphatic heterocycles. The van der Waals surface area contributed by atoms with E-state index in [4.69, 9.17) is 10.8 Å². The molecule has 20 heavy (non-hydrogen) atoms. The molecule has 1 aromatic heterocycles. The molecular weight excluding hydrogens is 258 g/mol. The first-order valence-corrected chi connectivity index (χ1v) is 6.66. The second-order valence-electron chi connectivity index (χ2n) is 5.27. The van der Waals surface area contributed by atoms with E-state index in [2.05, 4.69) is 4.98 Å². The van der Waals surface area contributed by atoms with E-state index in [9.17, 15) is 9.59 Å². The van der Waals surface area contributed by atoms with Crippen LogP contribution < -0.4 is 10.6 Å². The number of carbonyl (C=O) groups is 2. The van der Waals surface area contributed by atoms with Crippen molar-refractivity contribution in [1.82, 2.24) is 4.98 Å². The molecule has 1 fully saturated rings. The minimum atomic E-state index is -0.806. The molecule has 0 aromatic carbocycles. The third-order valence-electron chi connectivity index (χ3n) is 3.64. The molecule has 6 heteroatoms. The fourth-order valence-electron chi connectivity index (χ4n) is 2.72. The zero-order chi connectivity index (χ0) is 14.9. The van der Waals surface area contributed by atoms with Crippen molar-refractivity contribution in [2.24, 2.45) is 11.7 Å². The molecule has 0 aliphatic carbocycles. The number of aliphatic carboxylic acids is 1. The number of amides is 1. The number of pyridine rings is 1. The van der Waals surface area contributed by atoms with Crippen molar-refractivity contribution in [1.29, 1.82) is 0 Å². The molecule has 1 unspecified atom stereocenters. The zero-order valence-electron chi connectivity index (χ0n) is 11.7. The standard InChI is InChI=1S/C14H19N3O3/c1-8-6-9(2)16-13(11(8)12(15)18)17-5-3-4-10(7-17)14(19)20/h6,10H,3-5,7H2,1-2H3,(H2,15,18)(H,19,20). The summed E-state index contributed by atoms with van der Waals surface area (Å²) < 4.78 is 0. The Balaban J connectivity index is 2.41. The molecule has 1 saturated heterocycles. The van der Waals surface area contributed by atoms with Gasteiger partial charge in [-0.1, -0.05) is 0 Å². The fraction of sp³-hybridized carbons (Fsp3) is 0.500. The van der Waals surface area contributed by atoms with Gasteiger partial charge in [0.15, 0.2) is 0 Å². The second kappa shape index (κ2) is 5.48. The first-order valence-electron chi connectivity index (χ1n) is 6.66. The predicted molar refractivity (Wildman–Crippen MR) is 74.8 cm³/mol. The molecule has 108 valence electrons. The molecule has 0 saturated carbocycles. The van der Waals surface area contributed by atoms with Crippen LogP contribution in [0.4, 0.5) is 5.82 Å². The lowest BCUT2D eigenvalue weighted by Crippen LogP contribution is -2.40. The number of aryl methyl sites for hydroxylation is 2. The van der Waals surface area contributed by atoms with Gasteiger partial charge in [0.1, 0.15) is 5.82 Å². The highest BCUT2D eigenvalue weighted by molar-refractivity contribution is 5.99. The highest BCUT2D eigenvalue weighted by atomic mass is 16.4. The van der Waals surface area contributed by atoms with Gasteiger partial charge in [-0.2, -0.15) is 0 Å².